The van der Waals surface area contributed by atoms with Gasteiger partial charge in [-0.1, -0.05) is 30.3 Å². The number of aryl methyl sites for hydroxylation is 1. The zero-order chi connectivity index (χ0) is 19.0. The van der Waals surface area contributed by atoms with Crippen LogP contribution in [0.3, 0.4) is 0 Å². The SMILES string of the molecule is Cc1nc(N[C@@H]2CCN(Cc3ccccc3)C2)nc2c1NC(=O)[C@H](C)N2C.[HH].[HH]. The Morgan fingerprint density at radius 3 is 2.85 bits per heavy atom. The highest BCUT2D eigenvalue weighted by Gasteiger charge is 2.31. The Labute approximate surface area is 162 Å². The maximum atomic E-state index is 12.0. The van der Waals surface area contributed by atoms with Crippen LogP contribution in [0.25, 0.3) is 0 Å². The van der Waals surface area contributed by atoms with Crippen LogP contribution in [0, 0.1) is 6.92 Å². The van der Waals surface area contributed by atoms with Gasteiger partial charge in [-0.2, -0.15) is 4.98 Å². The van der Waals surface area contributed by atoms with Crippen molar-refractivity contribution in [1.29, 1.82) is 0 Å². The molecule has 0 unspecified atom stereocenters. The third-order valence-electron chi connectivity index (χ3n) is 5.47. The minimum atomic E-state index is -0.243. The number of nitrogens with one attached hydrogen (secondary N) is 2. The molecule has 1 amide bonds. The van der Waals surface area contributed by atoms with E-state index in [1.54, 1.807) is 0 Å². The molecule has 2 N–H and O–H groups in total. The third-order valence-corrected chi connectivity index (χ3v) is 5.47. The number of fused-ring (bicyclic) bond motifs is 1. The minimum absolute atomic E-state index is 0. The number of hydrogen-bond donors (Lipinski definition) is 2. The normalized spacial score (nSPS) is 22.5. The molecule has 146 valence electrons. The topological polar surface area (TPSA) is 73.4 Å². The molecule has 0 spiro atoms. The van der Waals surface area contributed by atoms with Gasteiger partial charge in [0.15, 0.2) is 5.82 Å². The second kappa shape index (κ2) is 7.15. The molecule has 2 atom stereocenters. The van der Waals surface area contributed by atoms with Gasteiger partial charge < -0.3 is 15.5 Å². The summed E-state index contributed by atoms with van der Waals surface area (Å²) in [6, 6.07) is 10.6. The average Bonchev–Trinajstić information content (AvgIpc) is 3.08. The Bertz CT molecular complexity index is 850. The number of carbonyl (C=O) groups is 1. The van der Waals surface area contributed by atoms with E-state index in [0.717, 1.165) is 37.6 Å². The van der Waals surface area contributed by atoms with Crippen molar-refractivity contribution >= 4 is 23.4 Å². The highest BCUT2D eigenvalue weighted by Crippen LogP contribution is 2.32. The molecule has 1 aromatic heterocycles. The molecule has 4 rings (SSSR count). The summed E-state index contributed by atoms with van der Waals surface area (Å²) in [5, 5.41) is 6.41. The molecule has 2 aliphatic heterocycles. The molecule has 0 saturated carbocycles. The number of nitrogens with zero attached hydrogens (tertiary/aromatic N) is 4. The van der Waals surface area contributed by atoms with E-state index in [0.29, 0.717) is 17.7 Å². The van der Waals surface area contributed by atoms with Gasteiger partial charge >= 0.3 is 0 Å². The van der Waals surface area contributed by atoms with Gasteiger partial charge in [0.1, 0.15) is 11.7 Å². The molecule has 2 aliphatic rings. The van der Waals surface area contributed by atoms with Crippen LogP contribution >= 0.6 is 0 Å². The first-order valence-electron chi connectivity index (χ1n) is 9.46. The number of likely N-dealkylation sites (tertiary alicyclic amines) is 1. The standard InChI is InChI=1S/C20H26N6O.2H2/c1-13-17-18(25(3)14(2)19(27)23-17)24-20(21-13)22-16-9-10-26(12-16)11-15-7-5-4-6-8-15;;/h4-8,14,16H,9-12H2,1-3H3,(H,23,27)(H,21,22,24);2*1H/t14-,16+;;/m0../s1. The molecule has 0 radical (unpaired) electrons. The monoisotopic (exact) mass is 370 g/mol. The smallest absolute Gasteiger partial charge is 0.246 e. The fourth-order valence-corrected chi connectivity index (χ4v) is 3.73. The molecule has 1 saturated heterocycles. The van der Waals surface area contributed by atoms with Crippen LogP contribution in [0.4, 0.5) is 17.5 Å². The van der Waals surface area contributed by atoms with Gasteiger partial charge in [0, 0.05) is 35.6 Å². The van der Waals surface area contributed by atoms with Gasteiger partial charge in [0.05, 0.1) is 5.69 Å². The Morgan fingerprint density at radius 2 is 2.07 bits per heavy atom. The highest BCUT2D eigenvalue weighted by atomic mass is 16.2. The number of likely N-dealkylation sites (N-methyl/N-ethyl adjacent to an activating group) is 1. The van der Waals surface area contributed by atoms with Crippen LogP contribution in [-0.4, -0.2) is 53.0 Å². The van der Waals surface area contributed by atoms with Gasteiger partial charge in [0.25, 0.3) is 0 Å². The van der Waals surface area contributed by atoms with E-state index in [9.17, 15) is 4.79 Å². The first-order valence-corrected chi connectivity index (χ1v) is 9.46. The number of anilines is 3. The van der Waals surface area contributed by atoms with E-state index in [-0.39, 0.29) is 14.8 Å². The highest BCUT2D eigenvalue weighted by molar-refractivity contribution is 6.03. The predicted octanol–water partition coefficient (Wildman–Crippen LogP) is 2.74. The lowest BCUT2D eigenvalue weighted by Crippen LogP contribution is -2.45. The molecular formula is C20H30N6O. The summed E-state index contributed by atoms with van der Waals surface area (Å²) in [5.41, 5.74) is 2.84. The van der Waals surface area contributed by atoms with Crippen molar-refractivity contribution in [3.05, 3.63) is 41.6 Å². The largest absolute Gasteiger partial charge is 0.350 e. The number of rotatable bonds is 4. The van der Waals surface area contributed by atoms with E-state index in [1.165, 1.54) is 5.56 Å². The van der Waals surface area contributed by atoms with Crippen molar-refractivity contribution in [2.75, 3.05) is 35.7 Å². The lowest BCUT2D eigenvalue weighted by atomic mass is 10.2. The zero-order valence-corrected chi connectivity index (χ0v) is 16.1. The molecule has 27 heavy (non-hydrogen) atoms. The van der Waals surface area contributed by atoms with E-state index in [4.69, 9.17) is 0 Å². The van der Waals surface area contributed by atoms with E-state index < -0.39 is 0 Å². The van der Waals surface area contributed by atoms with Gasteiger partial charge in [-0.15, -0.1) is 0 Å². The lowest BCUT2D eigenvalue weighted by molar-refractivity contribution is -0.117. The van der Waals surface area contributed by atoms with Crippen LogP contribution in [0.1, 0.15) is 27.5 Å². The predicted molar refractivity (Wildman–Crippen MR) is 111 cm³/mol. The summed E-state index contributed by atoms with van der Waals surface area (Å²) >= 11 is 0. The zero-order valence-electron chi connectivity index (χ0n) is 16.1. The van der Waals surface area contributed by atoms with Crippen molar-refractivity contribution < 1.29 is 7.65 Å². The minimum Gasteiger partial charge on any atom is -0.350 e. The summed E-state index contributed by atoms with van der Waals surface area (Å²) in [7, 11) is 1.90. The van der Waals surface area contributed by atoms with E-state index >= 15 is 0 Å². The van der Waals surface area contributed by atoms with Crippen molar-refractivity contribution in [2.24, 2.45) is 0 Å². The summed E-state index contributed by atoms with van der Waals surface area (Å²) in [5.74, 6) is 1.38. The summed E-state index contributed by atoms with van der Waals surface area (Å²) in [6.45, 7) is 6.78. The third kappa shape index (κ3) is 3.60. The first-order chi connectivity index (χ1) is 13.0. The Kier molecular flexibility index (Phi) is 4.70. The van der Waals surface area contributed by atoms with E-state index in [2.05, 4.69) is 49.8 Å². The quantitative estimate of drug-likeness (QED) is 0.862. The van der Waals surface area contributed by atoms with Gasteiger partial charge in [-0.05, 0) is 25.8 Å². The number of benzene rings is 1. The van der Waals surface area contributed by atoms with Crippen LogP contribution in [0.15, 0.2) is 30.3 Å². The molecule has 0 aliphatic carbocycles. The summed E-state index contributed by atoms with van der Waals surface area (Å²) in [6.07, 6.45) is 1.06. The number of carbonyl (C=O) groups excluding carboxylic acids is 1. The average molecular weight is 371 g/mol. The van der Waals surface area contributed by atoms with Gasteiger partial charge in [-0.3, -0.25) is 9.69 Å². The Hall–Kier alpha value is -2.67. The second-order valence-corrected chi connectivity index (χ2v) is 7.46. The molecule has 1 aromatic carbocycles. The van der Waals surface area contributed by atoms with Crippen molar-refractivity contribution in [2.45, 2.75) is 38.9 Å². The Balaban J connectivity index is 0.00000150. The van der Waals surface area contributed by atoms with Crippen LogP contribution in [0.2, 0.25) is 0 Å². The molecule has 7 nitrogen and oxygen atoms in total. The van der Waals surface area contributed by atoms with Crippen LogP contribution < -0.4 is 15.5 Å². The van der Waals surface area contributed by atoms with Crippen molar-refractivity contribution in [1.82, 2.24) is 14.9 Å². The molecule has 0 bridgehead atoms. The molecule has 2 aromatic rings. The van der Waals surface area contributed by atoms with Gasteiger partial charge in [-0.25, -0.2) is 4.98 Å². The molecule has 1 fully saturated rings. The lowest BCUT2D eigenvalue weighted by Gasteiger charge is -2.32. The van der Waals surface area contributed by atoms with Crippen LogP contribution in [-0.2, 0) is 11.3 Å². The molecular weight excluding hydrogens is 340 g/mol. The van der Waals surface area contributed by atoms with Gasteiger partial charge in [0.2, 0.25) is 11.9 Å². The van der Waals surface area contributed by atoms with E-state index in [1.807, 2.05) is 31.9 Å². The first kappa shape index (κ1) is 17.7. The van der Waals surface area contributed by atoms with Crippen molar-refractivity contribution in [3.8, 4) is 0 Å². The number of hydrogen-bond acceptors (Lipinski definition) is 6. The number of amides is 1. The maximum Gasteiger partial charge on any atom is 0.246 e. The Morgan fingerprint density at radius 1 is 1.30 bits per heavy atom. The second-order valence-electron chi connectivity index (χ2n) is 7.46. The fourth-order valence-electron chi connectivity index (χ4n) is 3.73. The summed E-state index contributed by atoms with van der Waals surface area (Å²) in [4.78, 5) is 25.7. The molecule has 3 heterocycles. The summed E-state index contributed by atoms with van der Waals surface area (Å²) < 4.78 is 0. The number of aromatic nitrogens is 2. The van der Waals surface area contributed by atoms with Crippen LogP contribution in [0.5, 0.6) is 0 Å². The van der Waals surface area contributed by atoms with Crippen molar-refractivity contribution in [3.63, 3.8) is 0 Å². The molecule has 7 heteroatoms. The maximum absolute atomic E-state index is 12.0. The fraction of sp³-hybridized carbons (Fsp3) is 0.450.